The van der Waals surface area contributed by atoms with Crippen LogP contribution < -0.4 is 11.1 Å². The SMILES string of the molecule is NC(=NCC1CCC1)NCCN1CCCC1. The topological polar surface area (TPSA) is 53.6 Å². The van der Waals surface area contributed by atoms with Crippen LogP contribution in [0.1, 0.15) is 32.1 Å². The summed E-state index contributed by atoms with van der Waals surface area (Å²) in [6.07, 6.45) is 6.76. The molecule has 4 nitrogen and oxygen atoms in total. The zero-order valence-electron chi connectivity index (χ0n) is 10.1. The molecule has 0 radical (unpaired) electrons. The molecule has 0 aromatic carbocycles. The summed E-state index contributed by atoms with van der Waals surface area (Å²) >= 11 is 0. The van der Waals surface area contributed by atoms with Crippen molar-refractivity contribution in [3.8, 4) is 0 Å². The minimum absolute atomic E-state index is 0.631. The lowest BCUT2D eigenvalue weighted by Gasteiger charge is -2.23. The standard InChI is InChI=1S/C12H24N4/c13-12(15-10-11-4-3-5-11)14-6-9-16-7-1-2-8-16/h11H,1-10H2,(H3,13,14,15). The molecule has 0 amide bonds. The van der Waals surface area contributed by atoms with Gasteiger partial charge >= 0.3 is 0 Å². The first-order chi connectivity index (χ1) is 7.84. The van der Waals surface area contributed by atoms with Crippen LogP contribution in [0.25, 0.3) is 0 Å². The molecule has 1 saturated heterocycles. The molecule has 0 atom stereocenters. The van der Waals surface area contributed by atoms with Crippen molar-refractivity contribution in [1.82, 2.24) is 10.2 Å². The van der Waals surface area contributed by atoms with Gasteiger partial charge in [-0.3, -0.25) is 4.99 Å². The largest absolute Gasteiger partial charge is 0.370 e. The number of guanidine groups is 1. The van der Waals surface area contributed by atoms with E-state index < -0.39 is 0 Å². The van der Waals surface area contributed by atoms with Crippen LogP contribution in [0.15, 0.2) is 4.99 Å². The van der Waals surface area contributed by atoms with Crippen LogP contribution in [0.5, 0.6) is 0 Å². The summed E-state index contributed by atoms with van der Waals surface area (Å²) < 4.78 is 0. The molecule has 0 spiro atoms. The summed E-state index contributed by atoms with van der Waals surface area (Å²) in [5, 5.41) is 3.20. The molecule has 2 rings (SSSR count). The fourth-order valence-corrected chi connectivity index (χ4v) is 2.31. The Labute approximate surface area is 98.3 Å². The predicted molar refractivity (Wildman–Crippen MR) is 67.5 cm³/mol. The van der Waals surface area contributed by atoms with Crippen molar-refractivity contribution in [3.63, 3.8) is 0 Å². The second-order valence-corrected chi connectivity index (χ2v) is 5.00. The molecular weight excluding hydrogens is 200 g/mol. The second-order valence-electron chi connectivity index (χ2n) is 5.00. The molecule has 1 saturated carbocycles. The number of aliphatic imine (C=N–C) groups is 1. The number of nitrogens with zero attached hydrogens (tertiary/aromatic N) is 2. The highest BCUT2D eigenvalue weighted by Gasteiger charge is 2.16. The lowest BCUT2D eigenvalue weighted by molar-refractivity contribution is 0.325. The van der Waals surface area contributed by atoms with E-state index in [9.17, 15) is 0 Å². The third kappa shape index (κ3) is 3.67. The average Bonchev–Trinajstić information content (AvgIpc) is 2.68. The van der Waals surface area contributed by atoms with Crippen molar-refractivity contribution in [1.29, 1.82) is 0 Å². The minimum Gasteiger partial charge on any atom is -0.370 e. The molecule has 1 aliphatic carbocycles. The van der Waals surface area contributed by atoms with Crippen LogP contribution in [0.3, 0.4) is 0 Å². The van der Waals surface area contributed by atoms with Crippen LogP contribution in [-0.2, 0) is 0 Å². The molecule has 4 heteroatoms. The number of rotatable bonds is 5. The van der Waals surface area contributed by atoms with E-state index in [1.54, 1.807) is 0 Å². The molecule has 0 aromatic rings. The van der Waals surface area contributed by atoms with Gasteiger partial charge in [0.1, 0.15) is 0 Å². The molecule has 1 heterocycles. The van der Waals surface area contributed by atoms with Gasteiger partial charge in [-0.15, -0.1) is 0 Å². The van der Waals surface area contributed by atoms with Crippen LogP contribution in [-0.4, -0.2) is 43.6 Å². The van der Waals surface area contributed by atoms with Gasteiger partial charge in [-0.05, 0) is 44.7 Å². The molecule has 92 valence electrons. The van der Waals surface area contributed by atoms with E-state index in [1.165, 1.54) is 45.2 Å². The highest BCUT2D eigenvalue weighted by atomic mass is 15.2. The molecule has 2 fully saturated rings. The number of hydrogen-bond acceptors (Lipinski definition) is 2. The summed E-state index contributed by atoms with van der Waals surface area (Å²) in [4.78, 5) is 6.85. The summed E-state index contributed by atoms with van der Waals surface area (Å²) in [5.74, 6) is 1.44. The van der Waals surface area contributed by atoms with E-state index in [0.717, 1.165) is 25.6 Å². The van der Waals surface area contributed by atoms with E-state index >= 15 is 0 Å². The first-order valence-corrected chi connectivity index (χ1v) is 6.61. The molecular formula is C12H24N4. The summed E-state index contributed by atoms with van der Waals surface area (Å²) in [6.45, 7) is 5.45. The third-order valence-electron chi connectivity index (χ3n) is 3.68. The smallest absolute Gasteiger partial charge is 0.188 e. The van der Waals surface area contributed by atoms with Crippen molar-refractivity contribution in [2.24, 2.45) is 16.6 Å². The Morgan fingerprint density at radius 2 is 2.00 bits per heavy atom. The number of nitrogens with two attached hydrogens (primary N) is 1. The van der Waals surface area contributed by atoms with E-state index in [-0.39, 0.29) is 0 Å². The quantitative estimate of drug-likeness (QED) is 0.536. The lowest BCUT2D eigenvalue weighted by atomic mass is 9.86. The van der Waals surface area contributed by atoms with Crippen molar-refractivity contribution in [3.05, 3.63) is 0 Å². The van der Waals surface area contributed by atoms with Gasteiger partial charge < -0.3 is 16.0 Å². The summed E-state index contributed by atoms with van der Waals surface area (Å²) in [6, 6.07) is 0. The van der Waals surface area contributed by atoms with Gasteiger partial charge in [0.25, 0.3) is 0 Å². The fourth-order valence-electron chi connectivity index (χ4n) is 2.31. The normalized spacial score (nSPS) is 23.4. The third-order valence-corrected chi connectivity index (χ3v) is 3.68. The zero-order valence-corrected chi connectivity index (χ0v) is 10.1. The van der Waals surface area contributed by atoms with Gasteiger partial charge in [0.2, 0.25) is 0 Å². The summed E-state index contributed by atoms with van der Waals surface area (Å²) in [7, 11) is 0. The Balaban J connectivity index is 1.53. The van der Waals surface area contributed by atoms with Gasteiger partial charge in [0.15, 0.2) is 5.96 Å². The summed E-state index contributed by atoms with van der Waals surface area (Å²) in [5.41, 5.74) is 5.81. The van der Waals surface area contributed by atoms with E-state index in [0.29, 0.717) is 5.96 Å². The number of nitrogens with one attached hydrogen (secondary N) is 1. The van der Waals surface area contributed by atoms with Crippen LogP contribution >= 0.6 is 0 Å². The average molecular weight is 224 g/mol. The Morgan fingerprint density at radius 3 is 2.62 bits per heavy atom. The van der Waals surface area contributed by atoms with Gasteiger partial charge in [-0.25, -0.2) is 0 Å². The zero-order chi connectivity index (χ0) is 11.2. The van der Waals surface area contributed by atoms with E-state index in [4.69, 9.17) is 5.73 Å². The highest BCUT2D eigenvalue weighted by molar-refractivity contribution is 5.77. The number of likely N-dealkylation sites (tertiary alicyclic amines) is 1. The second kappa shape index (κ2) is 6.09. The highest BCUT2D eigenvalue weighted by Crippen LogP contribution is 2.26. The molecule has 2 aliphatic rings. The Hall–Kier alpha value is -0.770. The first kappa shape index (κ1) is 11.7. The minimum atomic E-state index is 0.631. The van der Waals surface area contributed by atoms with Crippen molar-refractivity contribution in [2.75, 3.05) is 32.7 Å². The molecule has 0 unspecified atom stereocenters. The Kier molecular flexibility index (Phi) is 4.45. The maximum absolute atomic E-state index is 5.81. The molecule has 1 aliphatic heterocycles. The van der Waals surface area contributed by atoms with Crippen LogP contribution in [0.4, 0.5) is 0 Å². The Morgan fingerprint density at radius 1 is 1.25 bits per heavy atom. The van der Waals surface area contributed by atoms with Crippen molar-refractivity contribution in [2.45, 2.75) is 32.1 Å². The van der Waals surface area contributed by atoms with E-state index in [1.807, 2.05) is 0 Å². The van der Waals surface area contributed by atoms with Gasteiger partial charge in [-0.2, -0.15) is 0 Å². The maximum atomic E-state index is 5.81. The van der Waals surface area contributed by atoms with E-state index in [2.05, 4.69) is 15.2 Å². The molecule has 3 N–H and O–H groups in total. The van der Waals surface area contributed by atoms with Crippen molar-refractivity contribution >= 4 is 5.96 Å². The lowest BCUT2D eigenvalue weighted by Crippen LogP contribution is -2.38. The Bertz CT molecular complexity index is 229. The molecule has 0 bridgehead atoms. The maximum Gasteiger partial charge on any atom is 0.188 e. The predicted octanol–water partition coefficient (Wildman–Crippen LogP) is 0.787. The van der Waals surface area contributed by atoms with Gasteiger partial charge in [0.05, 0.1) is 0 Å². The fraction of sp³-hybridized carbons (Fsp3) is 0.917. The van der Waals surface area contributed by atoms with Crippen LogP contribution in [0, 0.1) is 5.92 Å². The first-order valence-electron chi connectivity index (χ1n) is 6.61. The van der Waals surface area contributed by atoms with Crippen LogP contribution in [0.2, 0.25) is 0 Å². The van der Waals surface area contributed by atoms with Gasteiger partial charge in [0, 0.05) is 19.6 Å². The van der Waals surface area contributed by atoms with Crippen molar-refractivity contribution < 1.29 is 0 Å². The molecule has 0 aromatic heterocycles. The monoisotopic (exact) mass is 224 g/mol. The van der Waals surface area contributed by atoms with Gasteiger partial charge in [-0.1, -0.05) is 6.42 Å². The number of hydrogen-bond donors (Lipinski definition) is 2. The molecule has 16 heavy (non-hydrogen) atoms.